The Morgan fingerprint density at radius 3 is 2.65 bits per heavy atom. The average molecular weight is 334 g/mol. The second kappa shape index (κ2) is 6.11. The summed E-state index contributed by atoms with van der Waals surface area (Å²) in [6.45, 7) is 2.43. The van der Waals surface area contributed by atoms with Crippen LogP contribution in [0.3, 0.4) is 0 Å². The van der Waals surface area contributed by atoms with E-state index in [9.17, 15) is 8.42 Å². The molecule has 0 amide bonds. The summed E-state index contributed by atoms with van der Waals surface area (Å²) >= 11 is 5.93. The first-order valence-electron chi connectivity index (χ1n) is 6.03. The Hall–Kier alpha value is -1.11. The van der Waals surface area contributed by atoms with E-state index in [0.29, 0.717) is 23.8 Å². The number of halogens is 2. The molecule has 1 heterocycles. The third-order valence-electron chi connectivity index (χ3n) is 2.71. The van der Waals surface area contributed by atoms with Crippen molar-refractivity contribution in [1.29, 1.82) is 0 Å². The molecule has 0 aliphatic carbocycles. The lowest BCUT2D eigenvalue weighted by Crippen LogP contribution is -2.10. The van der Waals surface area contributed by atoms with Gasteiger partial charge in [0.25, 0.3) is 14.2 Å². The molecule has 0 N–H and O–H groups in total. The number of rotatable bonds is 5. The lowest BCUT2D eigenvalue weighted by atomic mass is 10.1. The maximum atomic E-state index is 11.5. The summed E-state index contributed by atoms with van der Waals surface area (Å²) in [5.74, 6) is 0.549. The number of nitrogens with zero attached hydrogens (tertiary/aromatic N) is 3. The molecule has 1 aromatic heterocycles. The van der Waals surface area contributed by atoms with Gasteiger partial charge in [-0.3, -0.25) is 0 Å². The van der Waals surface area contributed by atoms with Crippen LogP contribution in [0.1, 0.15) is 24.7 Å². The van der Waals surface area contributed by atoms with Gasteiger partial charge < -0.3 is 4.57 Å². The second-order valence-electron chi connectivity index (χ2n) is 4.29. The average Bonchev–Trinajstić information content (AvgIpc) is 2.73. The van der Waals surface area contributed by atoms with Crippen molar-refractivity contribution >= 4 is 31.3 Å². The predicted molar refractivity (Wildman–Crippen MR) is 77.6 cm³/mol. The van der Waals surface area contributed by atoms with Crippen molar-refractivity contribution < 1.29 is 8.42 Å². The van der Waals surface area contributed by atoms with Crippen molar-refractivity contribution in [3.63, 3.8) is 0 Å². The first kappa shape index (κ1) is 15.3. The molecule has 2 rings (SSSR count). The molecule has 2 aromatic rings. The standard InChI is InChI=1S/C12H13Cl2N3O2S/c1-2-6-17-11(15-16-12(17)20(14,18)19)8-9-4-3-5-10(13)7-9/h3-5,7H,2,6,8H2,1H3. The minimum atomic E-state index is -3.90. The topological polar surface area (TPSA) is 64.8 Å². The summed E-state index contributed by atoms with van der Waals surface area (Å²) in [7, 11) is 1.47. The summed E-state index contributed by atoms with van der Waals surface area (Å²) in [5, 5.41) is 8.03. The van der Waals surface area contributed by atoms with Crippen molar-refractivity contribution in [2.75, 3.05) is 0 Å². The van der Waals surface area contributed by atoms with E-state index in [2.05, 4.69) is 10.2 Å². The third-order valence-corrected chi connectivity index (χ3v) is 4.10. The maximum absolute atomic E-state index is 11.5. The summed E-state index contributed by atoms with van der Waals surface area (Å²) in [6.07, 6.45) is 1.19. The van der Waals surface area contributed by atoms with Crippen molar-refractivity contribution in [3.8, 4) is 0 Å². The van der Waals surface area contributed by atoms with Gasteiger partial charge >= 0.3 is 0 Å². The number of benzene rings is 1. The highest BCUT2D eigenvalue weighted by atomic mass is 35.7. The van der Waals surface area contributed by atoms with E-state index in [1.165, 1.54) is 4.57 Å². The van der Waals surface area contributed by atoms with Crippen molar-refractivity contribution in [1.82, 2.24) is 14.8 Å². The first-order chi connectivity index (χ1) is 9.41. The van der Waals surface area contributed by atoms with Crippen LogP contribution in [-0.2, 0) is 22.0 Å². The van der Waals surface area contributed by atoms with Crippen LogP contribution >= 0.6 is 22.3 Å². The predicted octanol–water partition coefficient (Wildman–Crippen LogP) is 2.86. The Morgan fingerprint density at radius 2 is 2.05 bits per heavy atom. The highest BCUT2D eigenvalue weighted by Crippen LogP contribution is 2.18. The van der Waals surface area contributed by atoms with Crippen LogP contribution < -0.4 is 0 Å². The molecule has 0 atom stereocenters. The van der Waals surface area contributed by atoms with Crippen LogP contribution in [-0.4, -0.2) is 23.2 Å². The molecular weight excluding hydrogens is 321 g/mol. The molecule has 0 spiro atoms. The van der Waals surface area contributed by atoms with Gasteiger partial charge in [0.15, 0.2) is 0 Å². The number of aromatic nitrogens is 3. The van der Waals surface area contributed by atoms with E-state index in [-0.39, 0.29) is 5.16 Å². The minimum Gasteiger partial charge on any atom is -0.301 e. The van der Waals surface area contributed by atoms with E-state index in [4.69, 9.17) is 22.3 Å². The van der Waals surface area contributed by atoms with Gasteiger partial charge in [0, 0.05) is 28.7 Å². The van der Waals surface area contributed by atoms with Crippen molar-refractivity contribution in [2.45, 2.75) is 31.5 Å². The molecule has 20 heavy (non-hydrogen) atoms. The Morgan fingerprint density at radius 1 is 1.30 bits per heavy atom. The van der Waals surface area contributed by atoms with Gasteiger partial charge in [-0.25, -0.2) is 8.42 Å². The molecule has 0 saturated carbocycles. The smallest absolute Gasteiger partial charge is 0.296 e. The lowest BCUT2D eigenvalue weighted by molar-refractivity contribution is 0.558. The van der Waals surface area contributed by atoms with Gasteiger partial charge in [-0.15, -0.1) is 10.2 Å². The van der Waals surface area contributed by atoms with Gasteiger partial charge in [0.05, 0.1) is 0 Å². The molecule has 108 valence electrons. The molecule has 0 fully saturated rings. The van der Waals surface area contributed by atoms with E-state index in [0.717, 1.165) is 12.0 Å². The number of hydrogen-bond acceptors (Lipinski definition) is 4. The quantitative estimate of drug-likeness (QED) is 0.789. The van der Waals surface area contributed by atoms with E-state index in [1.54, 1.807) is 12.1 Å². The molecule has 0 unspecified atom stereocenters. The molecule has 0 saturated heterocycles. The maximum Gasteiger partial charge on any atom is 0.296 e. The minimum absolute atomic E-state index is 0.210. The zero-order chi connectivity index (χ0) is 14.8. The number of hydrogen-bond donors (Lipinski definition) is 0. The highest BCUT2D eigenvalue weighted by molar-refractivity contribution is 8.13. The van der Waals surface area contributed by atoms with Crippen LogP contribution in [0, 0.1) is 0 Å². The second-order valence-corrected chi connectivity index (χ2v) is 7.19. The van der Waals surface area contributed by atoms with Crippen LogP contribution in [0.4, 0.5) is 0 Å². The van der Waals surface area contributed by atoms with Crippen molar-refractivity contribution in [2.24, 2.45) is 0 Å². The summed E-state index contributed by atoms with van der Waals surface area (Å²) in [6, 6.07) is 7.31. The van der Waals surface area contributed by atoms with E-state index >= 15 is 0 Å². The Balaban J connectivity index is 2.39. The Kier molecular flexibility index (Phi) is 4.67. The zero-order valence-electron chi connectivity index (χ0n) is 10.8. The van der Waals surface area contributed by atoms with Crippen LogP contribution in [0.2, 0.25) is 5.02 Å². The van der Waals surface area contributed by atoms with Gasteiger partial charge in [-0.05, 0) is 24.1 Å². The largest absolute Gasteiger partial charge is 0.301 e. The summed E-state index contributed by atoms with van der Waals surface area (Å²) in [4.78, 5) is 0. The molecule has 1 aromatic carbocycles. The highest BCUT2D eigenvalue weighted by Gasteiger charge is 2.22. The normalized spacial score (nSPS) is 11.8. The van der Waals surface area contributed by atoms with Crippen LogP contribution in [0.5, 0.6) is 0 Å². The molecule has 8 heteroatoms. The van der Waals surface area contributed by atoms with Crippen LogP contribution in [0.25, 0.3) is 0 Å². The Labute approximate surface area is 127 Å². The SMILES string of the molecule is CCCn1c(Cc2cccc(Cl)c2)nnc1S(=O)(=O)Cl. The van der Waals surface area contributed by atoms with Crippen molar-refractivity contribution in [3.05, 3.63) is 40.7 Å². The lowest BCUT2D eigenvalue weighted by Gasteiger charge is -2.07. The molecule has 5 nitrogen and oxygen atoms in total. The van der Waals surface area contributed by atoms with Gasteiger partial charge in [0.2, 0.25) is 0 Å². The molecular formula is C12H13Cl2N3O2S. The van der Waals surface area contributed by atoms with Crippen LogP contribution in [0.15, 0.2) is 29.4 Å². The van der Waals surface area contributed by atoms with Gasteiger partial charge in [-0.2, -0.15) is 0 Å². The zero-order valence-corrected chi connectivity index (χ0v) is 13.1. The molecule has 0 radical (unpaired) electrons. The molecule has 0 aliphatic heterocycles. The fourth-order valence-electron chi connectivity index (χ4n) is 1.91. The van der Waals surface area contributed by atoms with Gasteiger partial charge in [-0.1, -0.05) is 30.7 Å². The molecule has 0 bridgehead atoms. The monoisotopic (exact) mass is 333 g/mol. The van der Waals surface area contributed by atoms with Gasteiger partial charge in [0.1, 0.15) is 5.82 Å². The fourth-order valence-corrected chi connectivity index (χ4v) is 3.06. The van der Waals surface area contributed by atoms with E-state index in [1.807, 2.05) is 19.1 Å². The fraction of sp³-hybridized carbons (Fsp3) is 0.333. The first-order valence-corrected chi connectivity index (χ1v) is 8.71. The Bertz CT molecular complexity index is 713. The molecule has 0 aliphatic rings. The van der Waals surface area contributed by atoms with E-state index < -0.39 is 9.05 Å². The third kappa shape index (κ3) is 3.50. The summed E-state index contributed by atoms with van der Waals surface area (Å²) < 4.78 is 24.5. The summed E-state index contributed by atoms with van der Waals surface area (Å²) in [5.41, 5.74) is 0.931.